The van der Waals surface area contributed by atoms with Crippen molar-refractivity contribution in [3.63, 3.8) is 0 Å². The van der Waals surface area contributed by atoms with Crippen molar-refractivity contribution in [1.82, 2.24) is 5.32 Å². The molecule has 7 nitrogen and oxygen atoms in total. The van der Waals surface area contributed by atoms with Crippen molar-refractivity contribution in [1.29, 1.82) is 0 Å². The first-order valence-corrected chi connectivity index (χ1v) is 14.1. The molecule has 4 aromatic carbocycles. The maximum atomic E-state index is 13.7. The van der Waals surface area contributed by atoms with Crippen LogP contribution in [0, 0.1) is 6.92 Å². The Morgan fingerprint density at radius 1 is 0.872 bits per heavy atom. The van der Waals surface area contributed by atoms with Crippen LogP contribution in [0.1, 0.15) is 30.5 Å². The Bertz CT molecular complexity index is 1490. The molecule has 0 bridgehead atoms. The van der Waals surface area contributed by atoms with E-state index in [9.17, 15) is 13.2 Å². The molecule has 0 fully saturated rings. The molecule has 8 heteroatoms. The maximum Gasteiger partial charge on any atom is 0.264 e. The fraction of sp³-hybridized carbons (Fsp3) is 0.194. The average molecular weight is 545 g/mol. The van der Waals surface area contributed by atoms with Gasteiger partial charge in [0.25, 0.3) is 10.0 Å². The van der Waals surface area contributed by atoms with Gasteiger partial charge in [0.15, 0.2) is 0 Å². The molecule has 39 heavy (non-hydrogen) atoms. The molecule has 0 unspecified atom stereocenters. The van der Waals surface area contributed by atoms with Crippen LogP contribution in [0.5, 0.6) is 17.2 Å². The van der Waals surface area contributed by atoms with Crippen LogP contribution in [0.15, 0.2) is 108 Å². The van der Waals surface area contributed by atoms with Gasteiger partial charge < -0.3 is 14.8 Å². The summed E-state index contributed by atoms with van der Waals surface area (Å²) < 4.78 is 39.7. The van der Waals surface area contributed by atoms with Gasteiger partial charge in [-0.2, -0.15) is 0 Å². The molecule has 202 valence electrons. The minimum absolute atomic E-state index is 0.0974. The summed E-state index contributed by atoms with van der Waals surface area (Å²) in [6.07, 6.45) is 0.633. The van der Waals surface area contributed by atoms with Crippen LogP contribution in [0.2, 0.25) is 0 Å². The molecule has 0 radical (unpaired) electrons. The molecule has 0 aliphatic rings. The van der Waals surface area contributed by atoms with Crippen LogP contribution < -0.4 is 19.1 Å². The molecule has 1 amide bonds. The number of hydrogen-bond donors (Lipinski definition) is 1. The molecule has 0 aliphatic carbocycles. The highest BCUT2D eigenvalue weighted by atomic mass is 32.2. The number of carbonyl (C=O) groups excluding carboxylic acids is 1. The van der Waals surface area contributed by atoms with Crippen LogP contribution in [-0.2, 0) is 14.8 Å². The first kappa shape index (κ1) is 27.7. The van der Waals surface area contributed by atoms with Gasteiger partial charge in [-0.15, -0.1) is 0 Å². The van der Waals surface area contributed by atoms with Crippen molar-refractivity contribution in [2.24, 2.45) is 0 Å². The second kappa shape index (κ2) is 12.5. The van der Waals surface area contributed by atoms with E-state index in [2.05, 4.69) is 5.32 Å². The molecule has 1 N–H and O–H groups in total. The third kappa shape index (κ3) is 6.78. The van der Waals surface area contributed by atoms with Crippen molar-refractivity contribution in [2.75, 3.05) is 18.0 Å². The van der Waals surface area contributed by atoms with Crippen LogP contribution in [0.4, 0.5) is 5.69 Å². The lowest BCUT2D eigenvalue weighted by Gasteiger charge is -2.26. The number of anilines is 1. The predicted molar refractivity (Wildman–Crippen MR) is 153 cm³/mol. The summed E-state index contributed by atoms with van der Waals surface area (Å²) >= 11 is 0. The Hall–Kier alpha value is -4.30. The monoisotopic (exact) mass is 544 g/mol. The van der Waals surface area contributed by atoms with E-state index < -0.39 is 15.9 Å². The fourth-order valence-electron chi connectivity index (χ4n) is 4.25. The topological polar surface area (TPSA) is 84.9 Å². The SMILES string of the molecule is CC[C@@H](NC(=O)CN(c1ccc(Oc2ccccc2)cc1)S(=O)(=O)c1ccccc1)c1ccc(OC)c(C)c1. The van der Waals surface area contributed by atoms with Crippen LogP contribution >= 0.6 is 0 Å². The standard InChI is InChI=1S/C31H32N2O5S/c1-4-29(24-15-20-30(37-3)23(2)21-24)32-31(34)22-33(39(35,36)28-13-9-6-10-14-28)25-16-18-27(19-17-25)38-26-11-7-5-8-12-26/h5-21,29H,4,22H2,1-3H3,(H,32,34)/t29-/m1/s1. The Labute approximate surface area is 230 Å². The lowest BCUT2D eigenvalue weighted by Crippen LogP contribution is -2.42. The number of methoxy groups -OCH3 is 1. The average Bonchev–Trinajstić information content (AvgIpc) is 2.96. The van der Waals surface area contributed by atoms with Crippen molar-refractivity contribution >= 4 is 21.6 Å². The van der Waals surface area contributed by atoms with Gasteiger partial charge in [-0.25, -0.2) is 8.42 Å². The van der Waals surface area contributed by atoms with Crippen molar-refractivity contribution in [3.05, 3.63) is 114 Å². The number of hydrogen-bond acceptors (Lipinski definition) is 5. The normalized spacial score (nSPS) is 11.9. The van der Waals surface area contributed by atoms with Crippen molar-refractivity contribution < 1.29 is 22.7 Å². The van der Waals surface area contributed by atoms with Crippen LogP contribution in [0.25, 0.3) is 0 Å². The number of para-hydroxylation sites is 1. The molecule has 0 heterocycles. The number of carbonyl (C=O) groups is 1. The van der Waals surface area contributed by atoms with Gasteiger partial charge in [0.1, 0.15) is 23.8 Å². The molecular weight excluding hydrogens is 512 g/mol. The van der Waals surface area contributed by atoms with E-state index in [1.165, 1.54) is 12.1 Å². The van der Waals surface area contributed by atoms with Gasteiger partial charge >= 0.3 is 0 Å². The van der Waals surface area contributed by atoms with Crippen molar-refractivity contribution in [2.45, 2.75) is 31.2 Å². The third-order valence-electron chi connectivity index (χ3n) is 6.29. The number of nitrogens with one attached hydrogen (secondary N) is 1. The predicted octanol–water partition coefficient (Wildman–Crippen LogP) is 6.26. The van der Waals surface area contributed by atoms with Gasteiger partial charge in [0.05, 0.1) is 23.7 Å². The Kier molecular flexibility index (Phi) is 8.88. The fourth-order valence-corrected chi connectivity index (χ4v) is 5.69. The summed E-state index contributed by atoms with van der Waals surface area (Å²) in [5.41, 5.74) is 2.22. The van der Waals surface area contributed by atoms with E-state index in [-0.39, 0.29) is 17.5 Å². The maximum absolute atomic E-state index is 13.7. The number of sulfonamides is 1. The molecular formula is C31H32N2O5S. The zero-order valence-electron chi connectivity index (χ0n) is 22.2. The lowest BCUT2D eigenvalue weighted by atomic mass is 10.0. The van der Waals surface area contributed by atoms with E-state index in [0.29, 0.717) is 23.6 Å². The third-order valence-corrected chi connectivity index (χ3v) is 8.07. The summed E-state index contributed by atoms with van der Waals surface area (Å²) in [5, 5.41) is 3.00. The Balaban J connectivity index is 1.59. The smallest absolute Gasteiger partial charge is 0.264 e. The lowest BCUT2D eigenvalue weighted by molar-refractivity contribution is -0.120. The van der Waals surface area contributed by atoms with Gasteiger partial charge in [-0.1, -0.05) is 55.5 Å². The molecule has 1 atom stereocenters. The van der Waals surface area contributed by atoms with Crippen molar-refractivity contribution in [3.8, 4) is 17.2 Å². The van der Waals surface area contributed by atoms with E-state index in [4.69, 9.17) is 9.47 Å². The Morgan fingerprint density at radius 3 is 2.08 bits per heavy atom. The molecule has 4 aromatic rings. The van der Waals surface area contributed by atoms with E-state index >= 15 is 0 Å². The molecule has 0 aromatic heterocycles. The quantitative estimate of drug-likeness (QED) is 0.241. The highest BCUT2D eigenvalue weighted by Gasteiger charge is 2.28. The number of benzene rings is 4. The molecule has 0 spiro atoms. The van der Waals surface area contributed by atoms with Gasteiger partial charge in [0.2, 0.25) is 5.91 Å². The van der Waals surface area contributed by atoms with E-state index in [0.717, 1.165) is 21.2 Å². The number of ether oxygens (including phenoxy) is 2. The minimum atomic E-state index is -4.03. The largest absolute Gasteiger partial charge is 0.496 e. The first-order chi connectivity index (χ1) is 18.8. The molecule has 0 saturated heterocycles. The summed E-state index contributed by atoms with van der Waals surface area (Å²) in [7, 11) is -2.41. The molecule has 4 rings (SSSR count). The van der Waals surface area contributed by atoms with Crippen LogP contribution in [0.3, 0.4) is 0 Å². The first-order valence-electron chi connectivity index (χ1n) is 12.7. The zero-order chi connectivity index (χ0) is 27.8. The summed E-state index contributed by atoms with van der Waals surface area (Å²) in [5.74, 6) is 1.56. The highest BCUT2D eigenvalue weighted by molar-refractivity contribution is 7.92. The molecule has 0 aliphatic heterocycles. The highest BCUT2D eigenvalue weighted by Crippen LogP contribution is 2.29. The summed E-state index contributed by atoms with van der Waals surface area (Å²) in [6.45, 7) is 3.52. The number of amides is 1. The zero-order valence-corrected chi connectivity index (χ0v) is 23.0. The number of nitrogens with zero attached hydrogens (tertiary/aromatic N) is 1. The second-order valence-electron chi connectivity index (χ2n) is 8.99. The van der Waals surface area contributed by atoms with Crippen LogP contribution in [-0.4, -0.2) is 28.0 Å². The number of aryl methyl sites for hydroxylation is 1. The number of rotatable bonds is 11. The van der Waals surface area contributed by atoms with Gasteiger partial charge in [-0.3, -0.25) is 9.10 Å². The van der Waals surface area contributed by atoms with E-state index in [1.807, 2.05) is 62.4 Å². The summed E-state index contributed by atoms with van der Waals surface area (Å²) in [4.78, 5) is 13.4. The van der Waals surface area contributed by atoms with Gasteiger partial charge in [0, 0.05) is 0 Å². The molecule has 0 saturated carbocycles. The minimum Gasteiger partial charge on any atom is -0.496 e. The Morgan fingerprint density at radius 2 is 1.49 bits per heavy atom. The second-order valence-corrected chi connectivity index (χ2v) is 10.9. The van der Waals surface area contributed by atoms with Gasteiger partial charge in [-0.05, 0) is 79.1 Å². The summed E-state index contributed by atoms with van der Waals surface area (Å²) in [6, 6.07) is 29.5. The van der Waals surface area contributed by atoms with E-state index in [1.54, 1.807) is 49.6 Å².